The summed E-state index contributed by atoms with van der Waals surface area (Å²) in [7, 11) is 0. The van der Waals surface area contributed by atoms with Crippen LogP contribution in [0, 0.1) is 10.1 Å². The van der Waals surface area contributed by atoms with E-state index in [0.717, 1.165) is 19.6 Å². The highest BCUT2D eigenvalue weighted by atomic mass is 32.1. The normalized spacial score (nSPS) is 19.0. The number of likely N-dealkylation sites (tertiary alicyclic amines) is 1. The lowest BCUT2D eigenvalue weighted by Crippen LogP contribution is -2.36. The molecule has 1 atom stereocenters. The zero-order valence-electron chi connectivity index (χ0n) is 14.1. The smallest absolute Gasteiger partial charge is 0.301 e. The van der Waals surface area contributed by atoms with Gasteiger partial charge in [0.2, 0.25) is 0 Å². The van der Waals surface area contributed by atoms with Crippen molar-refractivity contribution in [2.45, 2.75) is 45.1 Å². The predicted octanol–water partition coefficient (Wildman–Crippen LogP) is 3.25. The highest BCUT2D eigenvalue weighted by Crippen LogP contribution is 2.30. The van der Waals surface area contributed by atoms with Gasteiger partial charge in [-0.2, -0.15) is 5.10 Å². The zero-order chi connectivity index (χ0) is 17.1. The molecule has 24 heavy (non-hydrogen) atoms. The van der Waals surface area contributed by atoms with Crippen molar-refractivity contribution in [1.82, 2.24) is 19.7 Å². The predicted molar refractivity (Wildman–Crippen MR) is 93.5 cm³/mol. The molecule has 0 saturated carbocycles. The summed E-state index contributed by atoms with van der Waals surface area (Å²) in [6.07, 6.45) is 5.16. The molecule has 2 aromatic heterocycles. The van der Waals surface area contributed by atoms with Gasteiger partial charge in [0.1, 0.15) is 12.4 Å². The first-order valence-corrected chi connectivity index (χ1v) is 9.25. The minimum Gasteiger partial charge on any atom is -0.301 e. The fourth-order valence-electron chi connectivity index (χ4n) is 3.03. The Morgan fingerprint density at radius 2 is 2.29 bits per heavy atom. The Kier molecular flexibility index (Phi) is 5.25. The van der Waals surface area contributed by atoms with Gasteiger partial charge in [-0.3, -0.25) is 14.8 Å². The van der Waals surface area contributed by atoms with Gasteiger partial charge < -0.3 is 4.90 Å². The summed E-state index contributed by atoms with van der Waals surface area (Å²) in [4.78, 5) is 17.5. The quantitative estimate of drug-likeness (QED) is 0.591. The third-order valence-electron chi connectivity index (χ3n) is 4.46. The van der Waals surface area contributed by atoms with Gasteiger partial charge in [0.05, 0.1) is 22.2 Å². The lowest BCUT2D eigenvalue weighted by atomic mass is 9.98. The molecule has 0 amide bonds. The monoisotopic (exact) mass is 349 g/mol. The maximum Gasteiger partial charge on any atom is 0.306 e. The van der Waals surface area contributed by atoms with Crippen molar-refractivity contribution < 1.29 is 4.92 Å². The van der Waals surface area contributed by atoms with Crippen molar-refractivity contribution in [3.63, 3.8) is 0 Å². The minimum atomic E-state index is -0.408. The van der Waals surface area contributed by atoms with E-state index in [1.54, 1.807) is 16.0 Å². The molecule has 0 bridgehead atoms. The molecule has 2 aromatic rings. The molecule has 1 aliphatic rings. The summed E-state index contributed by atoms with van der Waals surface area (Å²) in [5.74, 6) is 0.980. The molecule has 1 saturated heterocycles. The molecule has 0 spiro atoms. The second kappa shape index (κ2) is 7.40. The molecular weight excluding hydrogens is 326 g/mol. The largest absolute Gasteiger partial charge is 0.306 e. The Morgan fingerprint density at radius 3 is 2.96 bits per heavy atom. The van der Waals surface area contributed by atoms with Crippen LogP contribution >= 0.6 is 11.3 Å². The highest BCUT2D eigenvalue weighted by Gasteiger charge is 2.24. The average Bonchev–Trinajstić information content (AvgIpc) is 3.23. The lowest BCUT2D eigenvalue weighted by Gasteiger charge is -2.31. The topological polar surface area (TPSA) is 77.1 Å². The average molecular weight is 349 g/mol. The maximum absolute atomic E-state index is 10.7. The third kappa shape index (κ3) is 3.99. The van der Waals surface area contributed by atoms with Crippen LogP contribution in [0.2, 0.25) is 0 Å². The summed E-state index contributed by atoms with van der Waals surface area (Å²) in [6.45, 7) is 7.97. The maximum atomic E-state index is 10.7. The Labute approximate surface area is 145 Å². The molecule has 3 rings (SSSR count). The number of nitro groups is 1. The molecule has 0 radical (unpaired) electrons. The van der Waals surface area contributed by atoms with Gasteiger partial charge in [-0.05, 0) is 25.3 Å². The number of hydrogen-bond donors (Lipinski definition) is 0. The van der Waals surface area contributed by atoms with Crippen LogP contribution in [0.3, 0.4) is 0 Å². The van der Waals surface area contributed by atoms with E-state index in [2.05, 4.69) is 29.2 Å². The van der Waals surface area contributed by atoms with Crippen LogP contribution in [0.4, 0.5) is 5.69 Å². The third-order valence-corrected chi connectivity index (χ3v) is 5.49. The molecule has 3 heterocycles. The number of nitrogens with zero attached hydrogens (tertiary/aromatic N) is 5. The number of rotatable bonds is 6. The van der Waals surface area contributed by atoms with Gasteiger partial charge in [-0.1, -0.05) is 13.8 Å². The number of thiazole rings is 1. The fourth-order valence-corrected chi connectivity index (χ4v) is 4.14. The fraction of sp³-hybridized carbons (Fsp3) is 0.625. The van der Waals surface area contributed by atoms with Crippen molar-refractivity contribution in [3.05, 3.63) is 38.6 Å². The summed E-state index contributed by atoms with van der Waals surface area (Å²) in [5, 5.41) is 18.2. The number of hydrogen-bond acceptors (Lipinski definition) is 6. The second-order valence-electron chi connectivity index (χ2n) is 6.62. The molecule has 0 N–H and O–H groups in total. The molecule has 0 aliphatic carbocycles. The summed E-state index contributed by atoms with van der Waals surface area (Å²) < 4.78 is 1.65. The van der Waals surface area contributed by atoms with Crippen LogP contribution in [-0.4, -0.2) is 44.2 Å². The van der Waals surface area contributed by atoms with Crippen molar-refractivity contribution >= 4 is 17.0 Å². The van der Waals surface area contributed by atoms with Crippen LogP contribution in [0.25, 0.3) is 0 Å². The molecular formula is C16H23N5O2S. The van der Waals surface area contributed by atoms with E-state index in [1.807, 2.05) is 0 Å². The number of piperidine rings is 1. The molecule has 8 heteroatoms. The summed E-state index contributed by atoms with van der Waals surface area (Å²) >= 11 is 1.78. The van der Waals surface area contributed by atoms with E-state index in [4.69, 9.17) is 4.98 Å². The van der Waals surface area contributed by atoms with E-state index in [9.17, 15) is 10.1 Å². The van der Waals surface area contributed by atoms with E-state index in [1.165, 1.54) is 35.9 Å². The van der Waals surface area contributed by atoms with Crippen LogP contribution in [0.5, 0.6) is 0 Å². The second-order valence-corrected chi connectivity index (χ2v) is 7.51. The molecule has 0 aromatic carbocycles. The van der Waals surface area contributed by atoms with Crippen molar-refractivity contribution in [1.29, 1.82) is 0 Å². The summed E-state index contributed by atoms with van der Waals surface area (Å²) in [5.41, 5.74) is 1.24. The van der Waals surface area contributed by atoms with E-state index in [-0.39, 0.29) is 5.69 Å². The van der Waals surface area contributed by atoms with Gasteiger partial charge in [0.15, 0.2) is 0 Å². The Hall–Kier alpha value is -1.80. The van der Waals surface area contributed by atoms with E-state index < -0.39 is 4.92 Å². The lowest BCUT2D eigenvalue weighted by molar-refractivity contribution is -0.385. The molecule has 130 valence electrons. The van der Waals surface area contributed by atoms with Gasteiger partial charge in [0.25, 0.3) is 0 Å². The molecule has 1 aliphatic heterocycles. The Morgan fingerprint density at radius 1 is 1.46 bits per heavy atom. The first-order valence-electron chi connectivity index (χ1n) is 8.37. The highest BCUT2D eigenvalue weighted by molar-refractivity contribution is 7.09. The van der Waals surface area contributed by atoms with Crippen molar-refractivity contribution in [2.24, 2.45) is 0 Å². The number of aromatic nitrogens is 3. The van der Waals surface area contributed by atoms with Crippen molar-refractivity contribution in [3.8, 4) is 0 Å². The first kappa shape index (κ1) is 17.0. The Bertz CT molecular complexity index is 696. The molecule has 0 unspecified atom stereocenters. The van der Waals surface area contributed by atoms with Gasteiger partial charge in [-0.25, -0.2) is 4.98 Å². The van der Waals surface area contributed by atoms with Crippen LogP contribution in [0.1, 0.15) is 49.2 Å². The van der Waals surface area contributed by atoms with Gasteiger partial charge >= 0.3 is 5.69 Å². The van der Waals surface area contributed by atoms with Crippen LogP contribution in [-0.2, 0) is 6.54 Å². The Balaban J connectivity index is 1.55. The molecule has 7 nitrogen and oxygen atoms in total. The van der Waals surface area contributed by atoms with Gasteiger partial charge in [0, 0.05) is 24.4 Å². The zero-order valence-corrected chi connectivity index (χ0v) is 14.9. The van der Waals surface area contributed by atoms with Crippen molar-refractivity contribution in [2.75, 3.05) is 19.6 Å². The SMILES string of the molecule is CC(C)c1csc([C@H]2CCCN(CCn3cc([N+](=O)[O-])cn3)C2)n1. The standard InChI is InChI=1S/C16H23N5O2S/c1-12(2)15-11-24-16(18-15)13-4-3-5-19(9-13)6-7-20-10-14(8-17-20)21(22)23/h8,10-13H,3-7,9H2,1-2H3/t13-/m0/s1. The minimum absolute atomic E-state index is 0.0514. The van der Waals surface area contributed by atoms with E-state index >= 15 is 0 Å². The van der Waals surface area contributed by atoms with Gasteiger partial charge in [-0.15, -0.1) is 11.3 Å². The van der Waals surface area contributed by atoms with Crippen LogP contribution in [0.15, 0.2) is 17.8 Å². The first-order chi connectivity index (χ1) is 11.5. The van der Waals surface area contributed by atoms with Crippen LogP contribution < -0.4 is 0 Å². The van der Waals surface area contributed by atoms with E-state index in [0.29, 0.717) is 18.4 Å². The summed E-state index contributed by atoms with van der Waals surface area (Å²) in [6, 6.07) is 0. The molecule has 1 fully saturated rings.